The number of imidazole rings is 1. The minimum absolute atomic E-state index is 0.166. The van der Waals surface area contributed by atoms with Gasteiger partial charge in [-0.15, -0.1) is 0 Å². The van der Waals surface area contributed by atoms with Gasteiger partial charge in [0.2, 0.25) is 0 Å². The summed E-state index contributed by atoms with van der Waals surface area (Å²) in [6, 6.07) is 11.4. The van der Waals surface area contributed by atoms with E-state index in [4.69, 9.17) is 4.74 Å². The predicted octanol–water partition coefficient (Wildman–Crippen LogP) is 3.46. The van der Waals surface area contributed by atoms with Crippen molar-refractivity contribution in [3.63, 3.8) is 0 Å². The van der Waals surface area contributed by atoms with Gasteiger partial charge in [0.1, 0.15) is 23.4 Å². The summed E-state index contributed by atoms with van der Waals surface area (Å²) in [5.74, 6) is 0.475. The largest absolute Gasteiger partial charge is 0.483 e. The van der Waals surface area contributed by atoms with Crippen LogP contribution in [0.4, 0.5) is 4.39 Å². The molecule has 140 valence electrons. The average molecular weight is 367 g/mol. The molecule has 0 fully saturated rings. The number of hydrogen-bond donors (Lipinski definition) is 1. The number of hydrogen-bond acceptors (Lipinski definition) is 3. The van der Waals surface area contributed by atoms with Gasteiger partial charge in [-0.3, -0.25) is 4.79 Å². The Morgan fingerprint density at radius 1 is 1.19 bits per heavy atom. The number of carbonyl (C=O) groups excluding carboxylic acids is 1. The normalized spacial score (nSPS) is 11.9. The minimum Gasteiger partial charge on any atom is -0.483 e. The second-order valence-electron chi connectivity index (χ2n) is 6.43. The number of halogens is 1. The third kappa shape index (κ3) is 4.16. The van der Waals surface area contributed by atoms with Crippen LogP contribution < -0.4 is 10.1 Å². The molecule has 0 unspecified atom stereocenters. The van der Waals surface area contributed by atoms with Gasteiger partial charge in [-0.1, -0.05) is 36.4 Å². The van der Waals surface area contributed by atoms with Crippen LogP contribution in [0.2, 0.25) is 0 Å². The first-order chi connectivity index (χ1) is 13.0. The van der Waals surface area contributed by atoms with Crippen LogP contribution in [0.1, 0.15) is 28.6 Å². The Labute approximate surface area is 157 Å². The molecule has 5 nitrogen and oxygen atoms in total. The third-order valence-electron chi connectivity index (χ3n) is 4.39. The Bertz CT molecular complexity index is 932. The number of nitrogens with zero attached hydrogens (tertiary/aromatic N) is 2. The lowest BCUT2D eigenvalue weighted by atomic mass is 10.1. The minimum atomic E-state index is -0.708. The summed E-state index contributed by atoms with van der Waals surface area (Å²) in [7, 11) is 1.80. The van der Waals surface area contributed by atoms with Crippen LogP contribution in [0.3, 0.4) is 0 Å². The van der Waals surface area contributed by atoms with E-state index in [-0.39, 0.29) is 12.5 Å². The lowest BCUT2D eigenvalue weighted by Gasteiger charge is -2.20. The highest BCUT2D eigenvalue weighted by atomic mass is 19.1. The number of nitrogens with one attached hydrogen (secondary N) is 1. The molecule has 0 aliphatic carbocycles. The Balaban J connectivity index is 1.79. The first-order valence-corrected chi connectivity index (χ1v) is 8.67. The number of amides is 1. The lowest BCUT2D eigenvalue weighted by Crippen LogP contribution is -2.35. The molecule has 0 radical (unpaired) electrons. The number of ether oxygens (including phenoxy) is 1. The number of para-hydroxylation sites is 1. The van der Waals surface area contributed by atoms with E-state index < -0.39 is 11.9 Å². The maximum absolute atomic E-state index is 14.4. The standard InChI is InChI=1S/C21H22FN3O2/c1-14-7-6-8-15(2)20(14)27-13-18(26)24-19(21-23-11-12-25(21)3)16-9-4-5-10-17(16)22/h4-12,19H,13H2,1-3H3,(H,24,26)/t19-/m0/s1. The van der Waals surface area contributed by atoms with Gasteiger partial charge in [-0.05, 0) is 31.0 Å². The number of rotatable bonds is 6. The van der Waals surface area contributed by atoms with Crippen LogP contribution >= 0.6 is 0 Å². The molecule has 1 heterocycles. The van der Waals surface area contributed by atoms with Crippen LogP contribution in [0.15, 0.2) is 54.9 Å². The van der Waals surface area contributed by atoms with Crippen LogP contribution in [-0.4, -0.2) is 22.1 Å². The van der Waals surface area contributed by atoms with Crippen molar-refractivity contribution >= 4 is 5.91 Å². The summed E-state index contributed by atoms with van der Waals surface area (Å²) < 4.78 is 21.8. The summed E-state index contributed by atoms with van der Waals surface area (Å²) in [6.45, 7) is 3.69. The molecule has 1 atom stereocenters. The van der Waals surface area contributed by atoms with Crippen molar-refractivity contribution in [2.75, 3.05) is 6.61 Å². The fourth-order valence-corrected chi connectivity index (χ4v) is 3.01. The molecule has 0 aliphatic heterocycles. The quantitative estimate of drug-likeness (QED) is 0.726. The molecular weight excluding hydrogens is 345 g/mol. The van der Waals surface area contributed by atoms with Crippen molar-refractivity contribution in [1.29, 1.82) is 0 Å². The number of aromatic nitrogens is 2. The van der Waals surface area contributed by atoms with Gasteiger partial charge in [0, 0.05) is 25.0 Å². The second-order valence-corrected chi connectivity index (χ2v) is 6.43. The molecule has 0 spiro atoms. The Kier molecular flexibility index (Phi) is 5.54. The molecule has 0 saturated heterocycles. The molecule has 1 aromatic heterocycles. The first kappa shape index (κ1) is 18.6. The van der Waals surface area contributed by atoms with E-state index >= 15 is 0 Å². The van der Waals surface area contributed by atoms with E-state index in [1.165, 1.54) is 6.07 Å². The average Bonchev–Trinajstić information content (AvgIpc) is 3.06. The topological polar surface area (TPSA) is 56.1 Å². The van der Waals surface area contributed by atoms with Crippen LogP contribution in [-0.2, 0) is 11.8 Å². The van der Waals surface area contributed by atoms with Crippen molar-refractivity contribution in [2.45, 2.75) is 19.9 Å². The summed E-state index contributed by atoms with van der Waals surface area (Å²) in [4.78, 5) is 16.8. The van der Waals surface area contributed by atoms with E-state index in [1.54, 1.807) is 42.2 Å². The molecule has 2 aromatic carbocycles. The van der Waals surface area contributed by atoms with Gasteiger partial charge in [0.15, 0.2) is 6.61 Å². The fraction of sp³-hybridized carbons (Fsp3) is 0.238. The molecule has 3 rings (SSSR count). The van der Waals surface area contributed by atoms with E-state index in [0.29, 0.717) is 17.1 Å². The van der Waals surface area contributed by atoms with Crippen molar-refractivity contribution in [2.24, 2.45) is 7.05 Å². The summed E-state index contributed by atoms with van der Waals surface area (Å²) in [6.07, 6.45) is 3.37. The van der Waals surface area contributed by atoms with Crippen molar-refractivity contribution in [3.05, 3.63) is 83.2 Å². The van der Waals surface area contributed by atoms with E-state index in [0.717, 1.165) is 11.1 Å². The first-order valence-electron chi connectivity index (χ1n) is 8.67. The molecule has 0 bridgehead atoms. The van der Waals surface area contributed by atoms with Crippen LogP contribution in [0.25, 0.3) is 0 Å². The fourth-order valence-electron chi connectivity index (χ4n) is 3.01. The highest BCUT2D eigenvalue weighted by Crippen LogP contribution is 2.24. The Hall–Kier alpha value is -3.15. The van der Waals surface area contributed by atoms with Crippen molar-refractivity contribution in [1.82, 2.24) is 14.9 Å². The summed E-state index contributed by atoms with van der Waals surface area (Å²) in [5, 5.41) is 2.84. The molecule has 3 aromatic rings. The lowest BCUT2D eigenvalue weighted by molar-refractivity contribution is -0.123. The maximum atomic E-state index is 14.4. The highest BCUT2D eigenvalue weighted by molar-refractivity contribution is 5.78. The molecule has 27 heavy (non-hydrogen) atoms. The van der Waals surface area contributed by atoms with Crippen molar-refractivity contribution < 1.29 is 13.9 Å². The van der Waals surface area contributed by atoms with Crippen LogP contribution in [0, 0.1) is 19.7 Å². The molecule has 0 aliphatic rings. The van der Waals surface area contributed by atoms with Gasteiger partial charge < -0.3 is 14.6 Å². The highest BCUT2D eigenvalue weighted by Gasteiger charge is 2.23. The van der Waals surface area contributed by atoms with Gasteiger partial charge in [0.25, 0.3) is 5.91 Å². The SMILES string of the molecule is Cc1cccc(C)c1OCC(=O)N[C@@H](c1ccccc1F)c1nccn1C. The molecular formula is C21H22FN3O2. The van der Waals surface area contributed by atoms with E-state index in [9.17, 15) is 9.18 Å². The monoisotopic (exact) mass is 367 g/mol. The predicted molar refractivity (Wildman–Crippen MR) is 101 cm³/mol. The summed E-state index contributed by atoms with van der Waals surface area (Å²) in [5.41, 5.74) is 2.27. The maximum Gasteiger partial charge on any atom is 0.258 e. The number of aryl methyl sites for hydroxylation is 3. The zero-order valence-electron chi connectivity index (χ0n) is 15.6. The van der Waals surface area contributed by atoms with E-state index in [1.807, 2.05) is 32.0 Å². The van der Waals surface area contributed by atoms with Crippen molar-refractivity contribution in [3.8, 4) is 5.75 Å². The molecule has 6 heteroatoms. The van der Waals surface area contributed by atoms with Crippen LogP contribution in [0.5, 0.6) is 5.75 Å². The van der Waals surface area contributed by atoms with Gasteiger partial charge in [-0.25, -0.2) is 9.37 Å². The molecule has 1 N–H and O–H groups in total. The Morgan fingerprint density at radius 2 is 1.89 bits per heavy atom. The zero-order valence-corrected chi connectivity index (χ0v) is 15.6. The second kappa shape index (κ2) is 8.03. The Morgan fingerprint density at radius 3 is 2.52 bits per heavy atom. The third-order valence-corrected chi connectivity index (χ3v) is 4.39. The summed E-state index contributed by atoms with van der Waals surface area (Å²) >= 11 is 0. The molecule has 0 saturated carbocycles. The van der Waals surface area contributed by atoms with Gasteiger partial charge >= 0.3 is 0 Å². The smallest absolute Gasteiger partial charge is 0.258 e. The number of benzene rings is 2. The van der Waals surface area contributed by atoms with Gasteiger partial charge in [-0.2, -0.15) is 0 Å². The number of carbonyl (C=O) groups is 1. The zero-order chi connectivity index (χ0) is 19.4. The molecule has 1 amide bonds. The van der Waals surface area contributed by atoms with E-state index in [2.05, 4.69) is 10.3 Å². The van der Waals surface area contributed by atoms with Gasteiger partial charge in [0.05, 0.1) is 0 Å².